The Balaban J connectivity index is 2.42. The van der Waals surface area contributed by atoms with Crippen LogP contribution in [-0.4, -0.2) is 9.97 Å². The van der Waals surface area contributed by atoms with Crippen LogP contribution < -0.4 is 0 Å². The number of nitrogens with zero attached hydrogens (tertiary/aromatic N) is 2. The number of hydrogen-bond acceptors (Lipinski definition) is 2. The lowest BCUT2D eigenvalue weighted by molar-refractivity contribution is 1.24. The maximum absolute atomic E-state index is 5.73. The molecule has 2 aromatic rings. The second kappa shape index (κ2) is 4.20. The summed E-state index contributed by atoms with van der Waals surface area (Å²) in [6.07, 6.45) is 7.13. The molecule has 2 heterocycles. The smallest absolute Gasteiger partial charge is 0.0489 e. The normalized spacial score (nSPS) is 10.1. The van der Waals surface area contributed by atoms with Gasteiger partial charge in [-0.05, 0) is 29.3 Å². The Bertz CT molecular complexity index is 415. The van der Waals surface area contributed by atoms with Gasteiger partial charge in [-0.25, -0.2) is 0 Å². The molecule has 14 heavy (non-hydrogen) atoms. The van der Waals surface area contributed by atoms with E-state index in [0.29, 0.717) is 5.88 Å². The van der Waals surface area contributed by atoms with Crippen LogP contribution in [0, 0.1) is 0 Å². The monoisotopic (exact) mass is 204 g/mol. The first-order valence-electron chi connectivity index (χ1n) is 4.30. The maximum atomic E-state index is 5.73. The minimum Gasteiger partial charge on any atom is -0.265 e. The van der Waals surface area contributed by atoms with E-state index in [1.54, 1.807) is 18.6 Å². The summed E-state index contributed by atoms with van der Waals surface area (Å²) in [5.41, 5.74) is 3.21. The van der Waals surface area contributed by atoms with Crippen molar-refractivity contribution in [3.63, 3.8) is 0 Å². The average molecular weight is 205 g/mol. The van der Waals surface area contributed by atoms with Gasteiger partial charge in [0.05, 0.1) is 0 Å². The molecule has 2 nitrogen and oxygen atoms in total. The van der Waals surface area contributed by atoms with Crippen LogP contribution in [0.5, 0.6) is 0 Å². The van der Waals surface area contributed by atoms with E-state index in [2.05, 4.69) is 9.97 Å². The zero-order valence-electron chi connectivity index (χ0n) is 7.52. The fourth-order valence-electron chi connectivity index (χ4n) is 1.26. The van der Waals surface area contributed by atoms with Crippen LogP contribution in [0.3, 0.4) is 0 Å². The zero-order valence-corrected chi connectivity index (χ0v) is 8.28. The van der Waals surface area contributed by atoms with Crippen LogP contribution in [0.4, 0.5) is 0 Å². The molecular weight excluding hydrogens is 196 g/mol. The van der Waals surface area contributed by atoms with Gasteiger partial charge in [-0.2, -0.15) is 0 Å². The molecule has 3 heteroatoms. The van der Waals surface area contributed by atoms with Crippen LogP contribution in [-0.2, 0) is 5.88 Å². The summed E-state index contributed by atoms with van der Waals surface area (Å²) in [5.74, 6) is 0.492. The second-order valence-corrected chi connectivity index (χ2v) is 3.22. The molecule has 0 amide bonds. The maximum Gasteiger partial charge on any atom is 0.0489 e. The van der Waals surface area contributed by atoms with Crippen molar-refractivity contribution < 1.29 is 0 Å². The van der Waals surface area contributed by atoms with Gasteiger partial charge in [-0.3, -0.25) is 9.97 Å². The third kappa shape index (κ3) is 1.91. The lowest BCUT2D eigenvalue weighted by atomic mass is 10.1. The van der Waals surface area contributed by atoms with E-state index in [1.165, 1.54) is 0 Å². The third-order valence-electron chi connectivity index (χ3n) is 1.96. The molecule has 0 aromatic carbocycles. The van der Waals surface area contributed by atoms with E-state index in [-0.39, 0.29) is 0 Å². The Morgan fingerprint density at radius 3 is 2.50 bits per heavy atom. The van der Waals surface area contributed by atoms with Crippen LogP contribution in [0.1, 0.15) is 5.56 Å². The average Bonchev–Trinajstić information content (AvgIpc) is 2.30. The van der Waals surface area contributed by atoms with Crippen LogP contribution in [0.2, 0.25) is 0 Å². The molecule has 0 fully saturated rings. The first-order chi connectivity index (χ1) is 6.90. The molecule has 0 aliphatic heterocycles. The minimum absolute atomic E-state index is 0.492. The highest BCUT2D eigenvalue weighted by atomic mass is 35.5. The summed E-state index contributed by atoms with van der Waals surface area (Å²) >= 11 is 5.73. The minimum atomic E-state index is 0.492. The molecule has 0 spiro atoms. The topological polar surface area (TPSA) is 25.8 Å². The Labute approximate surface area is 87.6 Å². The van der Waals surface area contributed by atoms with E-state index in [9.17, 15) is 0 Å². The fraction of sp³-hybridized carbons (Fsp3) is 0.0909. The number of halogens is 1. The first kappa shape index (κ1) is 9.16. The van der Waals surface area contributed by atoms with Crippen molar-refractivity contribution in [1.82, 2.24) is 9.97 Å². The number of aromatic nitrogens is 2. The number of rotatable bonds is 2. The molecule has 70 valence electrons. The molecule has 2 aromatic heterocycles. The lowest BCUT2D eigenvalue weighted by Crippen LogP contribution is -1.84. The molecule has 0 saturated carbocycles. The van der Waals surface area contributed by atoms with E-state index < -0.39 is 0 Å². The van der Waals surface area contributed by atoms with Gasteiger partial charge >= 0.3 is 0 Å². The molecular formula is C11H9ClN2. The Morgan fingerprint density at radius 2 is 1.79 bits per heavy atom. The van der Waals surface area contributed by atoms with Crippen molar-refractivity contribution in [3.05, 3.63) is 48.5 Å². The molecule has 0 N–H and O–H groups in total. The predicted molar refractivity (Wildman–Crippen MR) is 57.0 cm³/mol. The molecule has 0 bridgehead atoms. The highest BCUT2D eigenvalue weighted by molar-refractivity contribution is 6.17. The second-order valence-electron chi connectivity index (χ2n) is 2.95. The fourth-order valence-corrected chi connectivity index (χ4v) is 1.41. The molecule has 0 aliphatic carbocycles. The Morgan fingerprint density at radius 1 is 1.00 bits per heavy atom. The summed E-state index contributed by atoms with van der Waals surface area (Å²) in [7, 11) is 0. The van der Waals surface area contributed by atoms with E-state index in [0.717, 1.165) is 16.7 Å². The summed E-state index contributed by atoms with van der Waals surface area (Å²) in [6.45, 7) is 0. The first-order valence-corrected chi connectivity index (χ1v) is 4.84. The van der Waals surface area contributed by atoms with Crippen molar-refractivity contribution in [3.8, 4) is 11.1 Å². The molecule has 0 saturated heterocycles. The van der Waals surface area contributed by atoms with Crippen LogP contribution in [0.15, 0.2) is 43.0 Å². The summed E-state index contributed by atoms with van der Waals surface area (Å²) in [6, 6.07) is 5.94. The van der Waals surface area contributed by atoms with Gasteiger partial charge in [0.15, 0.2) is 0 Å². The standard InChI is InChI=1S/C11H9ClN2/c12-6-9-5-11(8-14-7-9)10-1-3-13-4-2-10/h1-5,7-8H,6H2. The van der Waals surface area contributed by atoms with Crippen molar-refractivity contribution >= 4 is 11.6 Å². The predicted octanol–water partition coefficient (Wildman–Crippen LogP) is 2.88. The molecule has 2 rings (SSSR count). The molecule has 0 aliphatic rings. The van der Waals surface area contributed by atoms with Gasteiger partial charge in [0.1, 0.15) is 0 Å². The summed E-state index contributed by atoms with van der Waals surface area (Å²) < 4.78 is 0. The number of pyridine rings is 2. The van der Waals surface area contributed by atoms with E-state index >= 15 is 0 Å². The Kier molecular flexibility index (Phi) is 2.75. The van der Waals surface area contributed by atoms with Gasteiger partial charge in [0.25, 0.3) is 0 Å². The van der Waals surface area contributed by atoms with Gasteiger partial charge in [-0.1, -0.05) is 0 Å². The lowest BCUT2D eigenvalue weighted by Gasteiger charge is -2.01. The van der Waals surface area contributed by atoms with Gasteiger partial charge < -0.3 is 0 Å². The van der Waals surface area contributed by atoms with Gasteiger partial charge in [0.2, 0.25) is 0 Å². The van der Waals surface area contributed by atoms with Crippen molar-refractivity contribution in [2.45, 2.75) is 5.88 Å². The number of hydrogen-bond donors (Lipinski definition) is 0. The summed E-state index contributed by atoms with van der Waals surface area (Å²) in [4.78, 5) is 8.09. The molecule has 0 radical (unpaired) electrons. The van der Waals surface area contributed by atoms with Crippen LogP contribution >= 0.6 is 11.6 Å². The third-order valence-corrected chi connectivity index (χ3v) is 2.27. The molecule has 0 atom stereocenters. The largest absolute Gasteiger partial charge is 0.265 e. The van der Waals surface area contributed by atoms with E-state index in [1.807, 2.05) is 24.4 Å². The summed E-state index contributed by atoms with van der Waals surface area (Å²) in [5, 5.41) is 0. The van der Waals surface area contributed by atoms with Gasteiger partial charge in [-0.15, -0.1) is 11.6 Å². The highest BCUT2D eigenvalue weighted by Crippen LogP contribution is 2.18. The highest BCUT2D eigenvalue weighted by Gasteiger charge is 1.98. The van der Waals surface area contributed by atoms with Crippen molar-refractivity contribution in [1.29, 1.82) is 0 Å². The van der Waals surface area contributed by atoms with Crippen molar-refractivity contribution in [2.24, 2.45) is 0 Å². The van der Waals surface area contributed by atoms with E-state index in [4.69, 9.17) is 11.6 Å². The SMILES string of the molecule is ClCc1cncc(-c2ccncc2)c1. The quantitative estimate of drug-likeness (QED) is 0.703. The van der Waals surface area contributed by atoms with Crippen LogP contribution in [0.25, 0.3) is 11.1 Å². The number of alkyl halides is 1. The van der Waals surface area contributed by atoms with Crippen molar-refractivity contribution in [2.75, 3.05) is 0 Å². The zero-order chi connectivity index (χ0) is 9.80. The van der Waals surface area contributed by atoms with Gasteiger partial charge in [0, 0.05) is 36.2 Å². The Hall–Kier alpha value is -1.41. The molecule has 0 unspecified atom stereocenters.